The minimum Gasteiger partial charge on any atom is -0.492 e. The Kier molecular flexibility index (Phi) is 4.76. The van der Waals surface area contributed by atoms with Gasteiger partial charge in [-0.05, 0) is 43.2 Å². The second kappa shape index (κ2) is 7.17. The molecule has 3 heterocycles. The van der Waals surface area contributed by atoms with Crippen molar-refractivity contribution in [2.45, 2.75) is 32.4 Å². The molecule has 0 aromatic carbocycles. The number of ether oxygens (including phenoxy) is 2. The number of carbonyl (C=O) groups is 1. The van der Waals surface area contributed by atoms with E-state index in [0.29, 0.717) is 36.9 Å². The van der Waals surface area contributed by atoms with Crippen LogP contribution in [0.5, 0.6) is 5.75 Å². The molecule has 1 aliphatic heterocycles. The molecule has 1 amide bonds. The van der Waals surface area contributed by atoms with Gasteiger partial charge < -0.3 is 14.4 Å². The fraction of sp³-hybridized carbons (Fsp3) is 0.556. The van der Waals surface area contributed by atoms with Crippen LogP contribution in [0.15, 0.2) is 23.7 Å². The summed E-state index contributed by atoms with van der Waals surface area (Å²) in [6.07, 6.45) is 4.36. The van der Waals surface area contributed by atoms with Gasteiger partial charge in [-0.1, -0.05) is 0 Å². The van der Waals surface area contributed by atoms with Crippen LogP contribution in [0, 0.1) is 5.92 Å². The lowest BCUT2D eigenvalue weighted by molar-refractivity contribution is 0.0468. The molecule has 7 heteroatoms. The molecule has 1 aliphatic carbocycles. The van der Waals surface area contributed by atoms with E-state index in [1.54, 1.807) is 6.20 Å². The molecule has 134 valence electrons. The second-order valence-corrected chi connectivity index (χ2v) is 7.55. The van der Waals surface area contributed by atoms with E-state index in [-0.39, 0.29) is 11.9 Å². The fourth-order valence-electron chi connectivity index (χ4n) is 3.19. The first-order valence-electron chi connectivity index (χ1n) is 8.86. The summed E-state index contributed by atoms with van der Waals surface area (Å²) in [5, 5.41) is 6.34. The Bertz CT molecular complexity index is 738. The molecule has 1 saturated carbocycles. The van der Waals surface area contributed by atoms with Gasteiger partial charge in [0, 0.05) is 19.3 Å². The van der Waals surface area contributed by atoms with Crippen molar-refractivity contribution in [3.63, 3.8) is 0 Å². The molecule has 1 unspecified atom stereocenters. The molecule has 4 rings (SSSR count). The molecule has 0 bridgehead atoms. The number of carbonyl (C=O) groups excluding carboxylic acids is 1. The molecule has 1 fully saturated rings. The lowest BCUT2D eigenvalue weighted by atomic mass is 10.2. The maximum atomic E-state index is 13.0. The van der Waals surface area contributed by atoms with E-state index in [1.807, 2.05) is 34.0 Å². The first-order chi connectivity index (χ1) is 12.3. The summed E-state index contributed by atoms with van der Waals surface area (Å²) in [4.78, 5) is 15.6. The number of thiophene rings is 1. The number of fused-ring (bicyclic) bond motifs is 1. The Balaban J connectivity index is 1.48. The van der Waals surface area contributed by atoms with Gasteiger partial charge in [-0.25, -0.2) is 0 Å². The summed E-state index contributed by atoms with van der Waals surface area (Å²) < 4.78 is 13.5. The molecule has 1 atom stereocenters. The number of nitrogens with zero attached hydrogens (tertiary/aromatic N) is 3. The zero-order chi connectivity index (χ0) is 17.2. The highest BCUT2D eigenvalue weighted by Gasteiger charge is 2.31. The Morgan fingerprint density at radius 1 is 1.36 bits per heavy atom. The maximum Gasteiger partial charge on any atom is 0.268 e. The van der Waals surface area contributed by atoms with Gasteiger partial charge in [0.05, 0.1) is 31.5 Å². The van der Waals surface area contributed by atoms with Crippen LogP contribution in [-0.2, 0) is 11.3 Å². The molecule has 2 aliphatic rings. The molecule has 2 aromatic rings. The third-order valence-corrected chi connectivity index (χ3v) is 5.54. The summed E-state index contributed by atoms with van der Waals surface area (Å²) >= 11 is 1.44. The Morgan fingerprint density at radius 3 is 3.04 bits per heavy atom. The normalized spacial score (nSPS) is 19.7. The zero-order valence-electron chi connectivity index (χ0n) is 14.4. The van der Waals surface area contributed by atoms with E-state index in [1.165, 1.54) is 24.2 Å². The molecular formula is C18H23N3O3S. The highest BCUT2D eigenvalue weighted by Crippen LogP contribution is 2.31. The van der Waals surface area contributed by atoms with Crippen molar-refractivity contribution in [1.29, 1.82) is 0 Å². The van der Waals surface area contributed by atoms with Gasteiger partial charge in [0.25, 0.3) is 5.91 Å². The van der Waals surface area contributed by atoms with Crippen LogP contribution in [0.3, 0.4) is 0 Å². The van der Waals surface area contributed by atoms with Crippen molar-refractivity contribution in [2.24, 2.45) is 5.92 Å². The van der Waals surface area contributed by atoms with Gasteiger partial charge in [0.1, 0.15) is 10.6 Å². The van der Waals surface area contributed by atoms with Crippen molar-refractivity contribution in [3.05, 3.63) is 34.3 Å². The van der Waals surface area contributed by atoms with Crippen LogP contribution in [0.25, 0.3) is 0 Å². The van der Waals surface area contributed by atoms with Gasteiger partial charge in [-0.2, -0.15) is 5.10 Å². The number of hydrogen-bond donors (Lipinski definition) is 0. The van der Waals surface area contributed by atoms with Gasteiger partial charge in [0.15, 0.2) is 0 Å². The molecule has 0 N–H and O–H groups in total. The number of hydrogen-bond acceptors (Lipinski definition) is 5. The average Bonchev–Trinajstić information content (AvgIpc) is 3.12. The molecule has 0 spiro atoms. The molecule has 2 aromatic heterocycles. The molecule has 6 nitrogen and oxygen atoms in total. The average molecular weight is 361 g/mol. The summed E-state index contributed by atoms with van der Waals surface area (Å²) in [6.45, 7) is 5.08. The first-order valence-corrected chi connectivity index (χ1v) is 9.74. The second-order valence-electron chi connectivity index (χ2n) is 6.63. The largest absolute Gasteiger partial charge is 0.492 e. The first kappa shape index (κ1) is 16.6. The van der Waals surface area contributed by atoms with Crippen molar-refractivity contribution in [2.75, 3.05) is 26.4 Å². The predicted octanol–water partition coefficient (Wildman–Crippen LogP) is 2.97. The lowest BCUT2D eigenvalue weighted by Crippen LogP contribution is -2.42. The Hall–Kier alpha value is -1.86. The van der Waals surface area contributed by atoms with E-state index in [0.717, 1.165) is 18.2 Å². The minimum atomic E-state index is 0.0260. The molecular weight excluding hydrogens is 338 g/mol. The SMILES string of the molecule is CCOc1ccsc1C(=O)N1Cc2ccnn2C(COCC2CC2)C1. The van der Waals surface area contributed by atoms with Crippen LogP contribution in [0.4, 0.5) is 0 Å². The number of aromatic nitrogens is 2. The van der Waals surface area contributed by atoms with E-state index in [4.69, 9.17) is 9.47 Å². The third-order valence-electron chi connectivity index (χ3n) is 4.65. The highest BCUT2D eigenvalue weighted by atomic mass is 32.1. The Labute approximate surface area is 151 Å². The van der Waals surface area contributed by atoms with Gasteiger partial charge in [-0.3, -0.25) is 9.48 Å². The number of amides is 1. The van der Waals surface area contributed by atoms with E-state index >= 15 is 0 Å². The quantitative estimate of drug-likeness (QED) is 0.761. The third kappa shape index (κ3) is 3.57. The molecule has 0 saturated heterocycles. The van der Waals surface area contributed by atoms with Crippen LogP contribution in [0.2, 0.25) is 0 Å². The monoisotopic (exact) mass is 361 g/mol. The van der Waals surface area contributed by atoms with Gasteiger partial charge in [0.2, 0.25) is 0 Å². The summed E-state index contributed by atoms with van der Waals surface area (Å²) in [6, 6.07) is 3.91. The fourth-order valence-corrected chi connectivity index (χ4v) is 3.99. The van der Waals surface area contributed by atoms with Crippen LogP contribution in [-0.4, -0.2) is 47.0 Å². The smallest absolute Gasteiger partial charge is 0.268 e. The molecule has 25 heavy (non-hydrogen) atoms. The standard InChI is InChI=1S/C18H23N3O3S/c1-2-24-16-6-8-25-17(16)18(22)20-9-14-5-7-19-21(14)15(10-20)12-23-11-13-3-4-13/h5-8,13,15H,2-4,9-12H2,1H3. The van der Waals surface area contributed by atoms with Crippen molar-refractivity contribution < 1.29 is 14.3 Å². The molecule has 0 radical (unpaired) electrons. The van der Waals surface area contributed by atoms with Crippen molar-refractivity contribution in [3.8, 4) is 5.75 Å². The minimum absolute atomic E-state index is 0.0260. The summed E-state index contributed by atoms with van der Waals surface area (Å²) in [5.41, 5.74) is 1.05. The van der Waals surface area contributed by atoms with E-state index < -0.39 is 0 Å². The summed E-state index contributed by atoms with van der Waals surface area (Å²) in [5.74, 6) is 1.44. The number of rotatable bonds is 7. The van der Waals surface area contributed by atoms with Gasteiger partial charge >= 0.3 is 0 Å². The van der Waals surface area contributed by atoms with Gasteiger partial charge in [-0.15, -0.1) is 11.3 Å². The van der Waals surface area contributed by atoms with E-state index in [9.17, 15) is 4.79 Å². The van der Waals surface area contributed by atoms with Crippen LogP contribution < -0.4 is 4.74 Å². The lowest BCUT2D eigenvalue weighted by Gasteiger charge is -2.33. The van der Waals surface area contributed by atoms with Crippen molar-refractivity contribution in [1.82, 2.24) is 14.7 Å². The summed E-state index contributed by atoms with van der Waals surface area (Å²) in [7, 11) is 0. The Morgan fingerprint density at radius 2 is 2.24 bits per heavy atom. The van der Waals surface area contributed by atoms with E-state index in [2.05, 4.69) is 5.10 Å². The van der Waals surface area contributed by atoms with Crippen LogP contribution in [0.1, 0.15) is 41.2 Å². The topological polar surface area (TPSA) is 56.6 Å². The highest BCUT2D eigenvalue weighted by molar-refractivity contribution is 7.12. The zero-order valence-corrected chi connectivity index (χ0v) is 15.2. The van der Waals surface area contributed by atoms with Crippen LogP contribution >= 0.6 is 11.3 Å². The van der Waals surface area contributed by atoms with Crippen molar-refractivity contribution >= 4 is 17.2 Å². The predicted molar refractivity (Wildman–Crippen MR) is 95.0 cm³/mol. The maximum absolute atomic E-state index is 13.0.